The van der Waals surface area contributed by atoms with Crippen LogP contribution in [-0.2, 0) is 4.79 Å². The number of likely N-dealkylation sites (tertiary alicyclic amines) is 1. The number of fused-ring (bicyclic) bond motifs is 1. The number of anilines is 1. The number of oxazole rings is 1. The van der Waals surface area contributed by atoms with E-state index in [0.29, 0.717) is 65.7 Å². The number of aryl methyl sites for hydroxylation is 1. The van der Waals surface area contributed by atoms with Gasteiger partial charge in [-0.3, -0.25) is 9.59 Å². The second kappa shape index (κ2) is 8.67. The number of aromatic nitrogens is 1. The molecule has 3 aromatic rings. The molecule has 0 saturated carbocycles. The molecule has 2 heterocycles. The summed E-state index contributed by atoms with van der Waals surface area (Å²) >= 11 is 0. The van der Waals surface area contributed by atoms with Gasteiger partial charge in [-0.15, -0.1) is 0 Å². The molecule has 1 fully saturated rings. The fraction of sp³-hybridized carbons (Fsp3) is 0.348. The van der Waals surface area contributed by atoms with Gasteiger partial charge in [0.05, 0.1) is 14.2 Å². The minimum Gasteiger partial charge on any atom is -0.497 e. The third kappa shape index (κ3) is 4.47. The third-order valence-corrected chi connectivity index (χ3v) is 5.51. The molecule has 4 rings (SSSR count). The van der Waals surface area contributed by atoms with Crippen LogP contribution in [0.25, 0.3) is 11.1 Å². The number of carbonyl (C=O) groups excluding carboxylic acids is 2. The quantitative estimate of drug-likeness (QED) is 0.673. The van der Waals surface area contributed by atoms with E-state index in [0.717, 1.165) is 0 Å². The Morgan fingerprint density at radius 3 is 2.39 bits per heavy atom. The van der Waals surface area contributed by atoms with E-state index in [-0.39, 0.29) is 17.7 Å². The number of benzene rings is 2. The lowest BCUT2D eigenvalue weighted by Crippen LogP contribution is -2.41. The van der Waals surface area contributed by atoms with E-state index in [2.05, 4.69) is 10.3 Å². The predicted octanol–water partition coefficient (Wildman–Crippen LogP) is 3.64. The van der Waals surface area contributed by atoms with Gasteiger partial charge in [0.2, 0.25) is 5.91 Å². The largest absolute Gasteiger partial charge is 0.497 e. The van der Waals surface area contributed by atoms with Crippen molar-refractivity contribution in [2.45, 2.75) is 19.8 Å². The van der Waals surface area contributed by atoms with Crippen molar-refractivity contribution in [1.29, 1.82) is 0 Å². The normalized spacial score (nSPS) is 14.5. The van der Waals surface area contributed by atoms with Crippen LogP contribution in [0.15, 0.2) is 40.8 Å². The molecule has 162 valence electrons. The first-order chi connectivity index (χ1) is 15.0. The van der Waals surface area contributed by atoms with Crippen molar-refractivity contribution >= 4 is 28.6 Å². The minimum atomic E-state index is -0.154. The molecule has 1 N–H and O–H groups in total. The molecule has 1 aliphatic heterocycles. The Labute approximate surface area is 180 Å². The smallest absolute Gasteiger partial charge is 0.254 e. The number of nitrogens with zero attached hydrogens (tertiary/aromatic N) is 2. The third-order valence-electron chi connectivity index (χ3n) is 5.51. The van der Waals surface area contributed by atoms with E-state index in [4.69, 9.17) is 13.9 Å². The number of methoxy groups -OCH3 is 2. The number of amides is 2. The first-order valence-corrected chi connectivity index (χ1v) is 10.2. The zero-order valence-corrected chi connectivity index (χ0v) is 17.8. The Morgan fingerprint density at radius 1 is 1.06 bits per heavy atom. The highest BCUT2D eigenvalue weighted by atomic mass is 16.5. The van der Waals surface area contributed by atoms with Crippen molar-refractivity contribution < 1.29 is 23.5 Å². The average molecular weight is 423 g/mol. The molecule has 0 spiro atoms. The summed E-state index contributed by atoms with van der Waals surface area (Å²) in [5.74, 6) is 1.42. The van der Waals surface area contributed by atoms with E-state index >= 15 is 0 Å². The lowest BCUT2D eigenvalue weighted by atomic mass is 9.95. The summed E-state index contributed by atoms with van der Waals surface area (Å²) in [6, 6.07) is 10.5. The molecule has 0 atom stereocenters. The second-order valence-electron chi connectivity index (χ2n) is 7.57. The number of hydrogen-bond acceptors (Lipinski definition) is 6. The molecular weight excluding hydrogens is 398 g/mol. The summed E-state index contributed by atoms with van der Waals surface area (Å²) in [5.41, 5.74) is 2.60. The second-order valence-corrected chi connectivity index (χ2v) is 7.57. The topological polar surface area (TPSA) is 93.9 Å². The summed E-state index contributed by atoms with van der Waals surface area (Å²) in [7, 11) is 3.10. The molecule has 2 amide bonds. The van der Waals surface area contributed by atoms with Gasteiger partial charge in [0, 0.05) is 43.2 Å². The summed E-state index contributed by atoms with van der Waals surface area (Å²) in [5, 5.41) is 2.96. The highest BCUT2D eigenvalue weighted by molar-refractivity contribution is 5.96. The van der Waals surface area contributed by atoms with Crippen LogP contribution in [-0.4, -0.2) is 49.0 Å². The Bertz CT molecular complexity index is 1090. The van der Waals surface area contributed by atoms with Crippen LogP contribution in [0, 0.1) is 12.8 Å². The van der Waals surface area contributed by atoms with Crippen molar-refractivity contribution in [2.24, 2.45) is 5.92 Å². The Morgan fingerprint density at radius 2 is 1.74 bits per heavy atom. The minimum absolute atomic E-state index is 0.0466. The Balaban J connectivity index is 1.37. The van der Waals surface area contributed by atoms with Crippen LogP contribution in [0.3, 0.4) is 0 Å². The predicted molar refractivity (Wildman–Crippen MR) is 116 cm³/mol. The molecule has 0 unspecified atom stereocenters. The number of nitrogens with one attached hydrogen (secondary N) is 1. The fourth-order valence-electron chi connectivity index (χ4n) is 3.82. The maximum absolute atomic E-state index is 12.9. The molecule has 8 heteroatoms. The van der Waals surface area contributed by atoms with Gasteiger partial charge >= 0.3 is 0 Å². The van der Waals surface area contributed by atoms with E-state index in [1.54, 1.807) is 62.4 Å². The zero-order valence-electron chi connectivity index (χ0n) is 17.8. The zero-order chi connectivity index (χ0) is 22.0. The summed E-state index contributed by atoms with van der Waals surface area (Å²) in [6.45, 7) is 2.81. The van der Waals surface area contributed by atoms with Crippen molar-refractivity contribution in [3.05, 3.63) is 47.9 Å². The molecule has 0 radical (unpaired) electrons. The maximum Gasteiger partial charge on any atom is 0.254 e. The van der Waals surface area contributed by atoms with Gasteiger partial charge < -0.3 is 24.1 Å². The number of rotatable bonds is 5. The molecule has 1 aliphatic rings. The summed E-state index contributed by atoms with van der Waals surface area (Å²) in [4.78, 5) is 31.7. The van der Waals surface area contributed by atoms with Gasteiger partial charge in [-0.1, -0.05) is 0 Å². The average Bonchev–Trinajstić information content (AvgIpc) is 3.17. The van der Waals surface area contributed by atoms with E-state index in [1.807, 2.05) is 0 Å². The molecule has 0 aliphatic carbocycles. The molecule has 8 nitrogen and oxygen atoms in total. The van der Waals surface area contributed by atoms with Gasteiger partial charge in [0.15, 0.2) is 11.5 Å². The van der Waals surface area contributed by atoms with Crippen LogP contribution < -0.4 is 14.8 Å². The van der Waals surface area contributed by atoms with E-state index in [9.17, 15) is 9.59 Å². The van der Waals surface area contributed by atoms with Gasteiger partial charge in [0.25, 0.3) is 5.91 Å². The van der Waals surface area contributed by atoms with Crippen LogP contribution in [0.4, 0.5) is 5.69 Å². The van der Waals surface area contributed by atoms with Crippen LogP contribution in [0.5, 0.6) is 11.5 Å². The SMILES string of the molecule is COc1cc(OC)cc(C(=O)N2CCC(C(=O)Nc3ccc4oc(C)nc4c3)CC2)c1. The maximum atomic E-state index is 12.9. The molecule has 0 bridgehead atoms. The molecule has 2 aromatic carbocycles. The van der Waals surface area contributed by atoms with E-state index in [1.165, 1.54) is 0 Å². The Hall–Kier alpha value is -3.55. The van der Waals surface area contributed by atoms with Gasteiger partial charge in [0.1, 0.15) is 17.0 Å². The van der Waals surface area contributed by atoms with Crippen molar-refractivity contribution in [3.8, 4) is 11.5 Å². The standard InChI is InChI=1S/C23H25N3O5/c1-14-24-20-12-17(4-5-21(20)31-14)25-22(27)15-6-8-26(9-7-15)23(28)16-10-18(29-2)13-19(11-16)30-3/h4-5,10-13,15H,6-9H2,1-3H3,(H,25,27). The number of hydrogen-bond donors (Lipinski definition) is 1. The van der Waals surface area contributed by atoms with Gasteiger partial charge in [-0.25, -0.2) is 4.98 Å². The number of piperidine rings is 1. The summed E-state index contributed by atoms with van der Waals surface area (Å²) < 4.78 is 16.0. The summed E-state index contributed by atoms with van der Waals surface area (Å²) in [6.07, 6.45) is 1.20. The highest BCUT2D eigenvalue weighted by Crippen LogP contribution is 2.26. The molecule has 1 saturated heterocycles. The van der Waals surface area contributed by atoms with Crippen molar-refractivity contribution in [2.75, 3.05) is 32.6 Å². The van der Waals surface area contributed by atoms with Gasteiger partial charge in [-0.05, 0) is 43.2 Å². The van der Waals surface area contributed by atoms with E-state index < -0.39 is 0 Å². The number of ether oxygens (including phenoxy) is 2. The number of carbonyl (C=O) groups is 2. The van der Waals surface area contributed by atoms with Crippen molar-refractivity contribution in [1.82, 2.24) is 9.88 Å². The first kappa shape index (κ1) is 20.7. The molecular formula is C23H25N3O5. The van der Waals surface area contributed by atoms with Crippen LogP contribution in [0.2, 0.25) is 0 Å². The highest BCUT2D eigenvalue weighted by Gasteiger charge is 2.28. The monoisotopic (exact) mass is 423 g/mol. The fourth-order valence-corrected chi connectivity index (χ4v) is 3.82. The first-order valence-electron chi connectivity index (χ1n) is 10.2. The lowest BCUT2D eigenvalue weighted by molar-refractivity contribution is -0.121. The molecule has 1 aromatic heterocycles. The van der Waals surface area contributed by atoms with Crippen LogP contribution in [0.1, 0.15) is 29.1 Å². The van der Waals surface area contributed by atoms with Crippen LogP contribution >= 0.6 is 0 Å². The molecule has 31 heavy (non-hydrogen) atoms. The lowest BCUT2D eigenvalue weighted by Gasteiger charge is -2.31. The Kier molecular flexibility index (Phi) is 5.79. The van der Waals surface area contributed by atoms with Crippen molar-refractivity contribution in [3.63, 3.8) is 0 Å². The van der Waals surface area contributed by atoms with Gasteiger partial charge in [-0.2, -0.15) is 0 Å².